The molecule has 2 rings (SSSR count). The highest BCUT2D eigenvalue weighted by Crippen LogP contribution is 2.29. The van der Waals surface area contributed by atoms with E-state index in [-0.39, 0.29) is 17.3 Å². The van der Waals surface area contributed by atoms with E-state index >= 15 is 0 Å². The van der Waals surface area contributed by atoms with Crippen molar-refractivity contribution in [3.05, 3.63) is 33.9 Å². The van der Waals surface area contributed by atoms with Crippen molar-refractivity contribution in [2.45, 2.75) is 25.8 Å². The Kier molecular flexibility index (Phi) is 4.20. The summed E-state index contributed by atoms with van der Waals surface area (Å²) in [6, 6.07) is 6.83. The third-order valence-corrected chi connectivity index (χ3v) is 3.95. The Labute approximate surface area is 117 Å². The summed E-state index contributed by atoms with van der Waals surface area (Å²) in [6.07, 6.45) is 1.98. The van der Waals surface area contributed by atoms with Gasteiger partial charge in [-0.15, -0.1) is 0 Å². The summed E-state index contributed by atoms with van der Waals surface area (Å²) in [5.41, 5.74) is 6.69. The molecular weight excluding hydrogens is 256 g/mol. The predicted molar refractivity (Wildman–Crippen MR) is 76.4 cm³/mol. The first-order chi connectivity index (χ1) is 9.52. The number of nitrogens with zero attached hydrogens (tertiary/aromatic N) is 3. The number of piperidine rings is 1. The van der Waals surface area contributed by atoms with Gasteiger partial charge in [-0.3, -0.25) is 10.1 Å². The summed E-state index contributed by atoms with van der Waals surface area (Å²) in [5.74, 6) is 0.514. The fourth-order valence-electron chi connectivity index (χ4n) is 2.65. The molecule has 0 aromatic heterocycles. The van der Waals surface area contributed by atoms with Crippen LogP contribution >= 0.6 is 0 Å². The summed E-state index contributed by atoms with van der Waals surface area (Å²) in [5, 5.41) is 19.9. The van der Waals surface area contributed by atoms with Crippen LogP contribution in [0.5, 0.6) is 0 Å². The Hall–Kier alpha value is -2.13. The van der Waals surface area contributed by atoms with Crippen molar-refractivity contribution >= 4 is 11.4 Å². The molecule has 6 heteroatoms. The van der Waals surface area contributed by atoms with E-state index in [2.05, 4.69) is 4.90 Å². The van der Waals surface area contributed by atoms with Crippen LogP contribution in [-0.4, -0.2) is 24.1 Å². The lowest BCUT2D eigenvalue weighted by Crippen LogP contribution is -2.39. The number of nitro groups is 1. The summed E-state index contributed by atoms with van der Waals surface area (Å²) < 4.78 is 0. The van der Waals surface area contributed by atoms with Crippen LogP contribution in [0.4, 0.5) is 11.4 Å². The SMILES string of the molecule is CC(N)C1CCN(c2ccc(C#N)c([N+](=O)[O-])c2)CC1. The Bertz CT molecular complexity index is 543. The van der Waals surface area contributed by atoms with E-state index < -0.39 is 4.92 Å². The zero-order chi connectivity index (χ0) is 14.7. The maximum absolute atomic E-state index is 11.0. The Morgan fingerprint density at radius 1 is 1.50 bits per heavy atom. The van der Waals surface area contributed by atoms with E-state index in [1.807, 2.05) is 13.0 Å². The van der Waals surface area contributed by atoms with Gasteiger partial charge in [-0.2, -0.15) is 5.26 Å². The highest BCUT2D eigenvalue weighted by atomic mass is 16.6. The first-order valence-electron chi connectivity index (χ1n) is 6.72. The Balaban J connectivity index is 2.17. The molecule has 1 saturated heterocycles. The molecule has 1 unspecified atom stereocenters. The largest absolute Gasteiger partial charge is 0.371 e. The first-order valence-corrected chi connectivity index (χ1v) is 6.72. The van der Waals surface area contributed by atoms with Crippen LogP contribution in [0.25, 0.3) is 0 Å². The molecular formula is C14H18N4O2. The standard InChI is InChI=1S/C14H18N4O2/c1-10(16)11-4-6-17(7-5-11)13-3-2-12(9-15)14(8-13)18(19)20/h2-3,8,10-11H,4-7,16H2,1H3. The fourth-order valence-corrected chi connectivity index (χ4v) is 2.65. The van der Waals surface area contributed by atoms with Gasteiger partial charge in [-0.1, -0.05) is 0 Å². The second-order valence-electron chi connectivity index (χ2n) is 5.25. The highest BCUT2D eigenvalue weighted by Gasteiger charge is 2.23. The van der Waals surface area contributed by atoms with Gasteiger partial charge in [0.15, 0.2) is 0 Å². The van der Waals surface area contributed by atoms with Gasteiger partial charge in [0.1, 0.15) is 11.6 Å². The van der Waals surface area contributed by atoms with E-state index in [1.54, 1.807) is 6.07 Å². The molecule has 1 fully saturated rings. The van der Waals surface area contributed by atoms with Gasteiger partial charge in [0.2, 0.25) is 0 Å². The minimum absolute atomic E-state index is 0.101. The van der Waals surface area contributed by atoms with Crippen molar-refractivity contribution < 1.29 is 4.92 Å². The van der Waals surface area contributed by atoms with Crippen LogP contribution in [0, 0.1) is 27.4 Å². The third-order valence-electron chi connectivity index (χ3n) is 3.95. The second-order valence-corrected chi connectivity index (χ2v) is 5.25. The average molecular weight is 274 g/mol. The quantitative estimate of drug-likeness (QED) is 0.672. The molecule has 2 N–H and O–H groups in total. The molecule has 6 nitrogen and oxygen atoms in total. The molecule has 1 atom stereocenters. The van der Waals surface area contributed by atoms with Crippen molar-refractivity contribution in [2.24, 2.45) is 11.7 Å². The number of hydrogen-bond donors (Lipinski definition) is 1. The van der Waals surface area contributed by atoms with Crippen molar-refractivity contribution in [3.8, 4) is 6.07 Å². The maximum atomic E-state index is 11.0. The van der Waals surface area contributed by atoms with Crippen LogP contribution in [-0.2, 0) is 0 Å². The first kappa shape index (κ1) is 14.3. The van der Waals surface area contributed by atoms with Gasteiger partial charge in [0.25, 0.3) is 5.69 Å². The van der Waals surface area contributed by atoms with Gasteiger partial charge in [0, 0.05) is 30.9 Å². The zero-order valence-corrected chi connectivity index (χ0v) is 11.5. The molecule has 1 aromatic carbocycles. The number of hydrogen-bond acceptors (Lipinski definition) is 5. The van der Waals surface area contributed by atoms with E-state index in [9.17, 15) is 10.1 Å². The summed E-state index contributed by atoms with van der Waals surface area (Å²) in [7, 11) is 0. The molecule has 106 valence electrons. The van der Waals surface area contributed by atoms with Crippen LogP contribution in [0.3, 0.4) is 0 Å². The summed E-state index contributed by atoms with van der Waals surface area (Å²) >= 11 is 0. The molecule has 20 heavy (non-hydrogen) atoms. The predicted octanol–water partition coefficient (Wildman–Crippen LogP) is 2.03. The molecule has 0 saturated carbocycles. The lowest BCUT2D eigenvalue weighted by Gasteiger charge is -2.35. The molecule has 1 aliphatic heterocycles. The van der Waals surface area contributed by atoms with Gasteiger partial charge in [0.05, 0.1) is 4.92 Å². The molecule has 0 radical (unpaired) electrons. The fraction of sp³-hybridized carbons (Fsp3) is 0.500. The van der Waals surface area contributed by atoms with E-state index in [4.69, 9.17) is 11.0 Å². The molecule has 0 bridgehead atoms. The topological polar surface area (TPSA) is 96.2 Å². The summed E-state index contributed by atoms with van der Waals surface area (Å²) in [4.78, 5) is 12.6. The van der Waals surface area contributed by atoms with Gasteiger partial charge in [-0.05, 0) is 37.8 Å². The third kappa shape index (κ3) is 2.89. The average Bonchev–Trinajstić information content (AvgIpc) is 2.46. The van der Waals surface area contributed by atoms with E-state index in [0.717, 1.165) is 31.6 Å². The number of nitro benzene ring substituents is 1. The minimum Gasteiger partial charge on any atom is -0.371 e. The molecule has 0 aliphatic carbocycles. The van der Waals surface area contributed by atoms with E-state index in [0.29, 0.717) is 5.92 Å². The number of nitriles is 1. The molecule has 0 amide bonds. The highest BCUT2D eigenvalue weighted by molar-refractivity contribution is 5.60. The number of anilines is 1. The van der Waals surface area contributed by atoms with Crippen LogP contribution < -0.4 is 10.6 Å². The monoisotopic (exact) mass is 274 g/mol. The molecule has 0 spiro atoms. The molecule has 1 aliphatic rings. The van der Waals surface area contributed by atoms with Crippen LogP contribution in [0.1, 0.15) is 25.3 Å². The number of nitrogens with two attached hydrogens (primary N) is 1. The Morgan fingerprint density at radius 2 is 2.15 bits per heavy atom. The van der Waals surface area contributed by atoms with Gasteiger partial charge in [-0.25, -0.2) is 0 Å². The van der Waals surface area contributed by atoms with Crippen molar-refractivity contribution in [1.29, 1.82) is 5.26 Å². The van der Waals surface area contributed by atoms with Crippen LogP contribution in [0.2, 0.25) is 0 Å². The number of benzene rings is 1. The van der Waals surface area contributed by atoms with Crippen LogP contribution in [0.15, 0.2) is 18.2 Å². The number of rotatable bonds is 3. The van der Waals surface area contributed by atoms with E-state index in [1.165, 1.54) is 12.1 Å². The van der Waals surface area contributed by atoms with Gasteiger partial charge < -0.3 is 10.6 Å². The lowest BCUT2D eigenvalue weighted by molar-refractivity contribution is -0.385. The van der Waals surface area contributed by atoms with Gasteiger partial charge >= 0.3 is 0 Å². The molecule has 1 aromatic rings. The lowest BCUT2D eigenvalue weighted by atomic mass is 9.90. The second kappa shape index (κ2) is 5.88. The Morgan fingerprint density at radius 3 is 2.65 bits per heavy atom. The normalized spacial score (nSPS) is 17.6. The molecule has 1 heterocycles. The maximum Gasteiger partial charge on any atom is 0.289 e. The van der Waals surface area contributed by atoms with Crippen molar-refractivity contribution in [3.63, 3.8) is 0 Å². The smallest absolute Gasteiger partial charge is 0.289 e. The minimum atomic E-state index is -0.503. The van der Waals surface area contributed by atoms with Crippen molar-refractivity contribution in [1.82, 2.24) is 0 Å². The summed E-state index contributed by atoms with van der Waals surface area (Å²) in [6.45, 7) is 3.71. The zero-order valence-electron chi connectivity index (χ0n) is 11.5. The van der Waals surface area contributed by atoms with Crippen molar-refractivity contribution in [2.75, 3.05) is 18.0 Å².